The van der Waals surface area contributed by atoms with Crippen molar-refractivity contribution >= 4 is 22.4 Å². The van der Waals surface area contributed by atoms with Crippen LogP contribution in [0, 0.1) is 11.9 Å². The molecule has 0 saturated carbocycles. The second kappa shape index (κ2) is 5.28. The van der Waals surface area contributed by atoms with Gasteiger partial charge in [0.05, 0.1) is 5.69 Å². The summed E-state index contributed by atoms with van der Waals surface area (Å²) in [6.45, 7) is 0. The Morgan fingerprint density at radius 2 is 1.71 bits per heavy atom. The lowest BCUT2D eigenvalue weighted by Crippen LogP contribution is -2.14. The quantitative estimate of drug-likeness (QED) is 0.728. The third kappa shape index (κ3) is 2.58. The number of fused-ring (bicyclic) bond motifs is 1. The van der Waals surface area contributed by atoms with Crippen LogP contribution in [0.5, 0.6) is 0 Å². The summed E-state index contributed by atoms with van der Waals surface area (Å²) in [7, 11) is 0. The number of carbonyl (C=O) groups excluding carboxylic acids is 1. The molecule has 3 aromatic rings. The molecule has 0 aliphatic rings. The van der Waals surface area contributed by atoms with Gasteiger partial charge in [-0.3, -0.25) is 4.79 Å². The van der Waals surface area contributed by atoms with E-state index >= 15 is 0 Å². The van der Waals surface area contributed by atoms with E-state index in [-0.39, 0.29) is 5.69 Å². The molecule has 0 spiro atoms. The molecule has 0 fully saturated rings. The van der Waals surface area contributed by atoms with E-state index in [1.54, 1.807) is 12.1 Å². The zero-order valence-corrected chi connectivity index (χ0v) is 10.8. The molecule has 0 unspecified atom stereocenters. The van der Waals surface area contributed by atoms with Gasteiger partial charge in [0, 0.05) is 5.56 Å². The first kappa shape index (κ1) is 13.2. The molecule has 1 amide bonds. The Hall–Kier alpha value is -2.82. The minimum Gasteiger partial charge on any atom is -0.318 e. The molecule has 0 aliphatic heterocycles. The Bertz CT molecular complexity index is 828. The summed E-state index contributed by atoms with van der Waals surface area (Å²) in [6.07, 6.45) is 0. The molecular formula is C16H10F2N2O. The molecule has 3 nitrogen and oxygen atoms in total. The number of pyridine rings is 1. The highest BCUT2D eigenvalue weighted by atomic mass is 19.1. The number of anilines is 1. The van der Waals surface area contributed by atoms with Gasteiger partial charge in [-0.1, -0.05) is 36.4 Å². The van der Waals surface area contributed by atoms with Crippen molar-refractivity contribution in [1.82, 2.24) is 4.98 Å². The van der Waals surface area contributed by atoms with E-state index in [1.165, 1.54) is 0 Å². The van der Waals surface area contributed by atoms with Gasteiger partial charge in [-0.05, 0) is 29.0 Å². The molecule has 0 bridgehead atoms. The number of nitrogens with one attached hydrogen (secondary N) is 1. The van der Waals surface area contributed by atoms with E-state index in [1.807, 2.05) is 30.3 Å². The van der Waals surface area contributed by atoms with Crippen molar-refractivity contribution in [2.45, 2.75) is 0 Å². The Kier molecular flexibility index (Phi) is 3.31. The summed E-state index contributed by atoms with van der Waals surface area (Å²) < 4.78 is 26.2. The van der Waals surface area contributed by atoms with E-state index < -0.39 is 17.8 Å². The number of benzene rings is 2. The first-order chi connectivity index (χ1) is 10.1. The van der Waals surface area contributed by atoms with Gasteiger partial charge in [0.25, 0.3) is 5.91 Å². The van der Waals surface area contributed by atoms with Gasteiger partial charge < -0.3 is 5.32 Å². The number of carbonyl (C=O) groups is 1. The van der Waals surface area contributed by atoms with Gasteiger partial charge >= 0.3 is 0 Å². The highest BCUT2D eigenvalue weighted by Gasteiger charge is 2.13. The summed E-state index contributed by atoms with van der Waals surface area (Å²) in [4.78, 5) is 15.3. The van der Waals surface area contributed by atoms with Crippen LogP contribution in [0.3, 0.4) is 0 Å². The van der Waals surface area contributed by atoms with Crippen LogP contribution in [-0.4, -0.2) is 10.9 Å². The molecule has 2 aromatic carbocycles. The normalized spacial score (nSPS) is 10.6. The summed E-state index contributed by atoms with van der Waals surface area (Å²) in [5, 5.41) is 4.07. The second-order valence-electron chi connectivity index (χ2n) is 4.45. The van der Waals surface area contributed by atoms with Gasteiger partial charge in [0.2, 0.25) is 11.9 Å². The molecule has 0 aliphatic carbocycles. The molecule has 104 valence electrons. The fraction of sp³-hybridized carbons (Fsp3) is 0. The van der Waals surface area contributed by atoms with Crippen LogP contribution in [0.15, 0.2) is 54.6 Å². The first-order valence-electron chi connectivity index (χ1n) is 6.26. The number of aromatic nitrogens is 1. The van der Waals surface area contributed by atoms with E-state index in [2.05, 4.69) is 10.3 Å². The van der Waals surface area contributed by atoms with Gasteiger partial charge in [-0.2, -0.15) is 13.8 Å². The topological polar surface area (TPSA) is 42.0 Å². The average molecular weight is 284 g/mol. The monoisotopic (exact) mass is 284 g/mol. The lowest BCUT2D eigenvalue weighted by atomic mass is 10.0. The fourth-order valence-corrected chi connectivity index (χ4v) is 2.12. The third-order valence-electron chi connectivity index (χ3n) is 3.10. The highest BCUT2D eigenvalue weighted by Crippen LogP contribution is 2.20. The van der Waals surface area contributed by atoms with Crippen molar-refractivity contribution in [2.24, 2.45) is 0 Å². The molecule has 1 N–H and O–H groups in total. The van der Waals surface area contributed by atoms with Gasteiger partial charge in [0.15, 0.2) is 0 Å². The number of rotatable bonds is 2. The number of hydrogen-bond acceptors (Lipinski definition) is 2. The number of hydrogen-bond donors (Lipinski definition) is 1. The largest absolute Gasteiger partial charge is 0.318 e. The van der Waals surface area contributed by atoms with Crippen LogP contribution in [0.2, 0.25) is 0 Å². The summed E-state index contributed by atoms with van der Waals surface area (Å²) in [5.41, 5.74) is 0.256. The standard InChI is InChI=1S/C16H10F2N2O/c17-14-9-8-13(15(18)20-14)19-16(21)12-7-3-5-10-4-1-2-6-11(10)12/h1-9H,(H,19,21). The van der Waals surface area contributed by atoms with Crippen molar-refractivity contribution in [3.63, 3.8) is 0 Å². The minimum atomic E-state index is -1.05. The predicted molar refractivity (Wildman–Crippen MR) is 76.1 cm³/mol. The molecule has 1 heterocycles. The van der Waals surface area contributed by atoms with E-state index in [9.17, 15) is 13.6 Å². The molecule has 0 atom stereocenters. The SMILES string of the molecule is O=C(Nc1ccc(F)nc1F)c1cccc2ccccc12. The van der Waals surface area contributed by atoms with E-state index in [4.69, 9.17) is 0 Å². The highest BCUT2D eigenvalue weighted by molar-refractivity contribution is 6.12. The Morgan fingerprint density at radius 1 is 0.952 bits per heavy atom. The van der Waals surface area contributed by atoms with Crippen LogP contribution >= 0.6 is 0 Å². The number of nitrogens with zero attached hydrogens (tertiary/aromatic N) is 1. The zero-order valence-electron chi connectivity index (χ0n) is 10.8. The second-order valence-corrected chi connectivity index (χ2v) is 4.45. The van der Waals surface area contributed by atoms with Gasteiger partial charge in [0.1, 0.15) is 0 Å². The lowest BCUT2D eigenvalue weighted by molar-refractivity contribution is 0.102. The van der Waals surface area contributed by atoms with Crippen molar-refractivity contribution in [3.05, 3.63) is 72.1 Å². The zero-order chi connectivity index (χ0) is 14.8. The maximum absolute atomic E-state index is 13.5. The smallest absolute Gasteiger partial charge is 0.256 e. The van der Waals surface area contributed by atoms with Crippen LogP contribution < -0.4 is 5.32 Å². The average Bonchev–Trinajstić information content (AvgIpc) is 2.49. The Balaban J connectivity index is 1.97. The summed E-state index contributed by atoms with van der Waals surface area (Å²) in [5.74, 6) is -2.46. The summed E-state index contributed by atoms with van der Waals surface area (Å²) in [6, 6.07) is 14.8. The third-order valence-corrected chi connectivity index (χ3v) is 3.10. The minimum absolute atomic E-state index is 0.158. The maximum atomic E-state index is 13.5. The van der Waals surface area contributed by atoms with Crippen LogP contribution in [-0.2, 0) is 0 Å². The Morgan fingerprint density at radius 3 is 2.52 bits per heavy atom. The van der Waals surface area contributed by atoms with Crippen molar-refractivity contribution in [2.75, 3.05) is 5.32 Å². The number of halogens is 2. The molecule has 21 heavy (non-hydrogen) atoms. The van der Waals surface area contributed by atoms with E-state index in [0.29, 0.717) is 5.56 Å². The molecular weight excluding hydrogens is 274 g/mol. The predicted octanol–water partition coefficient (Wildman–Crippen LogP) is 3.77. The maximum Gasteiger partial charge on any atom is 0.256 e. The van der Waals surface area contributed by atoms with Crippen molar-refractivity contribution in [3.8, 4) is 0 Å². The van der Waals surface area contributed by atoms with Crippen molar-refractivity contribution < 1.29 is 13.6 Å². The van der Waals surface area contributed by atoms with Crippen LogP contribution in [0.1, 0.15) is 10.4 Å². The molecule has 5 heteroatoms. The molecule has 0 saturated heterocycles. The first-order valence-corrected chi connectivity index (χ1v) is 6.26. The van der Waals surface area contributed by atoms with E-state index in [0.717, 1.165) is 22.9 Å². The summed E-state index contributed by atoms with van der Waals surface area (Å²) >= 11 is 0. The molecule has 1 aromatic heterocycles. The van der Waals surface area contributed by atoms with Crippen LogP contribution in [0.25, 0.3) is 10.8 Å². The van der Waals surface area contributed by atoms with Gasteiger partial charge in [-0.25, -0.2) is 0 Å². The Labute approximate surface area is 119 Å². The fourth-order valence-electron chi connectivity index (χ4n) is 2.12. The van der Waals surface area contributed by atoms with Crippen molar-refractivity contribution in [1.29, 1.82) is 0 Å². The molecule has 0 radical (unpaired) electrons. The number of amides is 1. The molecule has 3 rings (SSSR count). The lowest BCUT2D eigenvalue weighted by Gasteiger charge is -2.08. The van der Waals surface area contributed by atoms with Crippen LogP contribution in [0.4, 0.5) is 14.5 Å². The van der Waals surface area contributed by atoms with Gasteiger partial charge in [-0.15, -0.1) is 0 Å².